The number of carbonyl (C=O) groups is 2. The summed E-state index contributed by atoms with van der Waals surface area (Å²) in [5.74, 6) is -1.02. The van der Waals surface area contributed by atoms with Crippen molar-refractivity contribution in [1.29, 1.82) is 0 Å². The van der Waals surface area contributed by atoms with Gasteiger partial charge in [0.15, 0.2) is 6.10 Å². The van der Waals surface area contributed by atoms with Gasteiger partial charge in [-0.3, -0.25) is 9.59 Å². The first-order chi connectivity index (χ1) is 9.69. The number of nitrogens with one attached hydrogen (secondary N) is 1. The molecule has 116 valence electrons. The third-order valence-electron chi connectivity index (χ3n) is 2.67. The summed E-state index contributed by atoms with van der Waals surface area (Å²) in [5, 5.41) is 20.9. The number of aliphatic carboxylic acids is 1. The summed E-state index contributed by atoms with van der Waals surface area (Å²) in [7, 11) is 0. The number of halogens is 1. The van der Waals surface area contributed by atoms with Gasteiger partial charge in [-0.05, 0) is 38.1 Å². The molecule has 0 aliphatic rings. The molecule has 6 nitrogen and oxygen atoms in total. The predicted octanol–water partition coefficient (Wildman–Crippen LogP) is 1.56. The van der Waals surface area contributed by atoms with Crippen LogP contribution >= 0.6 is 15.9 Å². The van der Waals surface area contributed by atoms with Gasteiger partial charge in [0, 0.05) is 11.0 Å². The molecule has 0 aromatic heterocycles. The highest BCUT2D eigenvalue weighted by Crippen LogP contribution is 2.17. The molecule has 3 N–H and O–H groups in total. The molecule has 21 heavy (non-hydrogen) atoms. The van der Waals surface area contributed by atoms with Crippen LogP contribution in [0, 0.1) is 0 Å². The van der Waals surface area contributed by atoms with E-state index in [2.05, 4.69) is 21.2 Å². The summed E-state index contributed by atoms with van der Waals surface area (Å²) in [6.07, 6.45) is -1.21. The summed E-state index contributed by atoms with van der Waals surface area (Å²) in [6, 6.07) is 7.01. The lowest BCUT2D eigenvalue weighted by Crippen LogP contribution is -2.46. The molecule has 0 aliphatic carbocycles. The number of hydrogen-bond donors (Lipinski definition) is 3. The Bertz CT molecular complexity index is 501. The first-order valence-corrected chi connectivity index (χ1v) is 7.13. The maximum absolute atomic E-state index is 11.8. The largest absolute Gasteiger partial charge is 0.481 e. The van der Waals surface area contributed by atoms with Crippen LogP contribution in [0.15, 0.2) is 28.7 Å². The smallest absolute Gasteiger partial charge is 0.306 e. The Hall–Kier alpha value is -1.60. The second-order valence-corrected chi connectivity index (χ2v) is 5.91. The van der Waals surface area contributed by atoms with Crippen LogP contribution in [-0.4, -0.2) is 40.3 Å². The van der Waals surface area contributed by atoms with Crippen LogP contribution in [-0.2, 0) is 9.59 Å². The Labute approximate surface area is 131 Å². The fourth-order valence-corrected chi connectivity index (χ4v) is 1.84. The van der Waals surface area contributed by atoms with E-state index in [-0.39, 0.29) is 6.54 Å². The third-order valence-corrected chi connectivity index (χ3v) is 3.20. The summed E-state index contributed by atoms with van der Waals surface area (Å²) in [4.78, 5) is 22.4. The van der Waals surface area contributed by atoms with Gasteiger partial charge in [-0.2, -0.15) is 0 Å². The van der Waals surface area contributed by atoms with Crippen molar-refractivity contribution in [3.63, 3.8) is 0 Å². The molecule has 0 radical (unpaired) electrons. The van der Waals surface area contributed by atoms with E-state index in [4.69, 9.17) is 9.84 Å². The molecule has 0 heterocycles. The molecule has 1 amide bonds. The quantitative estimate of drug-likeness (QED) is 0.686. The molecule has 7 heteroatoms. The number of rotatable bonds is 7. The third kappa shape index (κ3) is 6.59. The fourth-order valence-electron chi connectivity index (χ4n) is 1.58. The van der Waals surface area contributed by atoms with Crippen LogP contribution in [0.4, 0.5) is 0 Å². The van der Waals surface area contributed by atoms with Gasteiger partial charge in [0.05, 0.1) is 12.0 Å². The lowest BCUT2D eigenvalue weighted by Gasteiger charge is -2.23. The standard InChI is InChI=1S/C14H18BrNO5/c1-9(21-11-5-3-10(15)4-6-11)13(19)16-8-14(2,20)7-12(17)18/h3-6,9,20H,7-8H2,1-2H3,(H,16,19)(H,17,18). The molecular formula is C14H18BrNO5. The average molecular weight is 360 g/mol. The van der Waals surface area contributed by atoms with Crippen molar-refractivity contribution in [1.82, 2.24) is 5.32 Å². The van der Waals surface area contributed by atoms with Crippen molar-refractivity contribution >= 4 is 27.8 Å². The Morgan fingerprint density at radius 3 is 2.48 bits per heavy atom. The average Bonchev–Trinajstić information content (AvgIpc) is 2.37. The molecule has 1 rings (SSSR count). The van der Waals surface area contributed by atoms with Gasteiger partial charge in [0.25, 0.3) is 5.91 Å². The lowest BCUT2D eigenvalue weighted by molar-refractivity contribution is -0.142. The van der Waals surface area contributed by atoms with Gasteiger partial charge in [0.1, 0.15) is 5.75 Å². The molecule has 2 unspecified atom stereocenters. The van der Waals surface area contributed by atoms with E-state index >= 15 is 0 Å². The van der Waals surface area contributed by atoms with E-state index in [0.717, 1.165) is 4.47 Å². The SMILES string of the molecule is CC(Oc1ccc(Br)cc1)C(=O)NCC(C)(O)CC(=O)O. The van der Waals surface area contributed by atoms with Crippen molar-refractivity contribution in [3.05, 3.63) is 28.7 Å². The topological polar surface area (TPSA) is 95.9 Å². The second-order valence-electron chi connectivity index (χ2n) is 5.00. The van der Waals surface area contributed by atoms with E-state index in [1.165, 1.54) is 6.92 Å². The first-order valence-electron chi connectivity index (χ1n) is 6.34. The van der Waals surface area contributed by atoms with E-state index in [1.807, 2.05) is 0 Å². The highest BCUT2D eigenvalue weighted by Gasteiger charge is 2.26. The summed E-state index contributed by atoms with van der Waals surface area (Å²) in [6.45, 7) is 2.76. The zero-order valence-corrected chi connectivity index (χ0v) is 13.4. The van der Waals surface area contributed by atoms with Crippen LogP contribution in [0.2, 0.25) is 0 Å². The maximum Gasteiger partial charge on any atom is 0.306 e. The molecule has 0 aliphatic heterocycles. The number of carboxylic acids is 1. The van der Waals surface area contributed by atoms with Gasteiger partial charge >= 0.3 is 5.97 Å². The number of benzene rings is 1. The van der Waals surface area contributed by atoms with E-state index in [0.29, 0.717) is 5.75 Å². The van der Waals surface area contributed by atoms with Crippen molar-refractivity contribution < 1.29 is 24.5 Å². The number of carbonyl (C=O) groups excluding carboxylic acids is 1. The Morgan fingerprint density at radius 2 is 1.95 bits per heavy atom. The van der Waals surface area contributed by atoms with Gasteiger partial charge in [-0.25, -0.2) is 0 Å². The monoisotopic (exact) mass is 359 g/mol. The zero-order chi connectivity index (χ0) is 16.0. The van der Waals surface area contributed by atoms with Crippen LogP contribution in [0.1, 0.15) is 20.3 Å². The lowest BCUT2D eigenvalue weighted by atomic mass is 10.0. The number of amides is 1. The molecular weight excluding hydrogens is 342 g/mol. The number of ether oxygens (including phenoxy) is 1. The highest BCUT2D eigenvalue weighted by atomic mass is 79.9. The van der Waals surface area contributed by atoms with E-state index in [1.54, 1.807) is 31.2 Å². The minimum atomic E-state index is -1.50. The normalized spacial score (nSPS) is 14.9. The van der Waals surface area contributed by atoms with Crippen LogP contribution < -0.4 is 10.1 Å². The van der Waals surface area contributed by atoms with Crippen molar-refractivity contribution in [2.45, 2.75) is 32.0 Å². The summed E-state index contributed by atoms with van der Waals surface area (Å²) >= 11 is 3.30. The minimum absolute atomic E-state index is 0.161. The Balaban J connectivity index is 2.47. The zero-order valence-electron chi connectivity index (χ0n) is 11.8. The molecule has 0 spiro atoms. The van der Waals surface area contributed by atoms with Crippen molar-refractivity contribution in [2.24, 2.45) is 0 Å². The first kappa shape index (κ1) is 17.5. The van der Waals surface area contributed by atoms with Gasteiger partial charge in [-0.1, -0.05) is 15.9 Å². The second kappa shape index (κ2) is 7.42. The molecule has 0 bridgehead atoms. The van der Waals surface area contributed by atoms with Crippen molar-refractivity contribution in [3.8, 4) is 5.75 Å². The molecule has 0 fully saturated rings. The number of hydrogen-bond acceptors (Lipinski definition) is 4. The fraction of sp³-hybridized carbons (Fsp3) is 0.429. The van der Waals surface area contributed by atoms with Crippen molar-refractivity contribution in [2.75, 3.05) is 6.54 Å². The van der Waals surface area contributed by atoms with Crippen LogP contribution in [0.5, 0.6) is 5.75 Å². The van der Waals surface area contributed by atoms with Gasteiger partial charge in [-0.15, -0.1) is 0 Å². The molecule has 1 aromatic rings. The predicted molar refractivity (Wildman–Crippen MR) is 80.1 cm³/mol. The van der Waals surface area contributed by atoms with Gasteiger partial charge in [0.2, 0.25) is 0 Å². The summed E-state index contributed by atoms with van der Waals surface area (Å²) < 4.78 is 6.35. The number of carboxylic acid groups (broad SMARTS) is 1. The van der Waals surface area contributed by atoms with Crippen LogP contribution in [0.3, 0.4) is 0 Å². The van der Waals surface area contributed by atoms with Crippen LogP contribution in [0.25, 0.3) is 0 Å². The Kier molecular flexibility index (Phi) is 6.17. The minimum Gasteiger partial charge on any atom is -0.481 e. The molecule has 2 atom stereocenters. The highest BCUT2D eigenvalue weighted by molar-refractivity contribution is 9.10. The molecule has 0 saturated carbocycles. The summed E-state index contributed by atoms with van der Waals surface area (Å²) in [5.41, 5.74) is -1.50. The number of aliphatic hydroxyl groups is 1. The van der Waals surface area contributed by atoms with E-state index in [9.17, 15) is 14.7 Å². The molecule has 1 aromatic carbocycles. The Morgan fingerprint density at radius 1 is 1.38 bits per heavy atom. The maximum atomic E-state index is 11.8. The van der Waals surface area contributed by atoms with E-state index < -0.39 is 30.0 Å². The molecule has 0 saturated heterocycles. The van der Waals surface area contributed by atoms with Gasteiger partial charge < -0.3 is 20.3 Å².